The van der Waals surface area contributed by atoms with Gasteiger partial charge in [-0.1, -0.05) is 115 Å². The Hall–Kier alpha value is -1.74. The third-order valence-corrected chi connectivity index (χ3v) is 8.10. The van der Waals surface area contributed by atoms with Crippen LogP contribution in [0.3, 0.4) is 0 Å². The van der Waals surface area contributed by atoms with Crippen LogP contribution in [0, 0.1) is 11.8 Å². The minimum absolute atomic E-state index is 0.00666. The lowest BCUT2D eigenvalue weighted by Crippen LogP contribution is -2.28. The first-order chi connectivity index (χ1) is 20.3. The maximum Gasteiger partial charge on any atom is 0.309 e. The summed E-state index contributed by atoms with van der Waals surface area (Å²) in [6, 6.07) is 0. The van der Waals surface area contributed by atoms with E-state index in [1.165, 1.54) is 44.9 Å². The molecule has 0 aromatic heterocycles. The van der Waals surface area contributed by atoms with E-state index in [9.17, 15) is 30.0 Å². The molecule has 1 fully saturated rings. The molecule has 0 spiro atoms. The number of hydrogen-bond donors (Lipinski definition) is 4. The minimum Gasteiger partial charge on any atom is -0.461 e. The van der Waals surface area contributed by atoms with Crippen LogP contribution in [-0.4, -0.2) is 70.0 Å². The number of carbonyl (C=O) groups excluding carboxylic acids is 2. The molecule has 1 rings (SSSR count). The summed E-state index contributed by atoms with van der Waals surface area (Å²) in [4.78, 5) is 24.3. The lowest BCUT2D eigenvalue weighted by molar-refractivity contribution is -0.161. The average molecular weight is 597 g/mol. The largest absolute Gasteiger partial charge is 0.461 e. The van der Waals surface area contributed by atoms with Crippen LogP contribution < -0.4 is 0 Å². The number of ether oxygens (including phenoxy) is 2. The molecule has 0 aromatic carbocycles. The van der Waals surface area contributed by atoms with Crippen LogP contribution in [0.1, 0.15) is 129 Å². The van der Waals surface area contributed by atoms with E-state index in [4.69, 9.17) is 9.47 Å². The van der Waals surface area contributed by atoms with E-state index in [2.05, 4.69) is 13.8 Å². The Balaban J connectivity index is 2.27. The van der Waals surface area contributed by atoms with Gasteiger partial charge >= 0.3 is 11.9 Å². The molecular formula is C34H60O8. The number of aliphatic hydroxyl groups is 4. The van der Waals surface area contributed by atoms with Gasteiger partial charge in [-0.2, -0.15) is 0 Å². The van der Waals surface area contributed by atoms with Gasteiger partial charge in [-0.15, -0.1) is 0 Å². The zero-order chi connectivity index (χ0) is 31.0. The van der Waals surface area contributed by atoms with Gasteiger partial charge < -0.3 is 29.9 Å². The summed E-state index contributed by atoms with van der Waals surface area (Å²) in [7, 11) is 0. The Kier molecular flexibility index (Phi) is 22.5. The van der Waals surface area contributed by atoms with Crippen molar-refractivity contribution in [3.63, 3.8) is 0 Å². The van der Waals surface area contributed by atoms with Crippen molar-refractivity contribution in [3.8, 4) is 0 Å². The Morgan fingerprint density at radius 1 is 0.833 bits per heavy atom. The molecule has 0 saturated heterocycles. The Labute approximate surface area is 254 Å². The SMILES string of the molecule is CCCCCCCCCCCCC(=O)O[C@@H](CO)COC(=O)C/C=C\C[C@H]1[C@@H](/C=C/[C@H](O)CCCCC)[C@H](O)C[C@@H]1O. The van der Waals surface area contributed by atoms with E-state index in [0.29, 0.717) is 19.3 Å². The van der Waals surface area contributed by atoms with Crippen molar-refractivity contribution in [2.24, 2.45) is 11.8 Å². The second-order valence-electron chi connectivity index (χ2n) is 11.9. The van der Waals surface area contributed by atoms with Gasteiger partial charge in [0.2, 0.25) is 0 Å². The zero-order valence-corrected chi connectivity index (χ0v) is 26.3. The van der Waals surface area contributed by atoms with Gasteiger partial charge in [-0.25, -0.2) is 0 Å². The van der Waals surface area contributed by atoms with Crippen molar-refractivity contribution in [1.82, 2.24) is 0 Å². The molecule has 0 heterocycles. The summed E-state index contributed by atoms with van der Waals surface area (Å²) in [5.41, 5.74) is 0. The number of allylic oxidation sites excluding steroid dienone is 1. The van der Waals surface area contributed by atoms with E-state index < -0.39 is 37.0 Å². The Morgan fingerprint density at radius 2 is 1.45 bits per heavy atom. The molecule has 0 amide bonds. The molecule has 0 aliphatic heterocycles. The third kappa shape index (κ3) is 18.0. The summed E-state index contributed by atoms with van der Waals surface area (Å²) in [6.45, 7) is 3.71. The van der Waals surface area contributed by atoms with Crippen LogP contribution in [0.2, 0.25) is 0 Å². The van der Waals surface area contributed by atoms with Crippen molar-refractivity contribution in [2.75, 3.05) is 13.2 Å². The molecule has 8 heteroatoms. The molecule has 4 N–H and O–H groups in total. The van der Waals surface area contributed by atoms with E-state index >= 15 is 0 Å². The first-order valence-electron chi connectivity index (χ1n) is 16.7. The number of carbonyl (C=O) groups is 2. The van der Waals surface area contributed by atoms with Crippen LogP contribution in [0.15, 0.2) is 24.3 Å². The highest BCUT2D eigenvalue weighted by Gasteiger charge is 2.39. The Bertz CT molecular complexity index is 752. The van der Waals surface area contributed by atoms with Gasteiger partial charge in [-0.3, -0.25) is 9.59 Å². The lowest BCUT2D eigenvalue weighted by atomic mass is 9.89. The molecule has 1 saturated carbocycles. The molecular weight excluding hydrogens is 536 g/mol. The topological polar surface area (TPSA) is 134 Å². The molecule has 0 unspecified atom stereocenters. The maximum absolute atomic E-state index is 12.2. The highest BCUT2D eigenvalue weighted by Crippen LogP contribution is 2.36. The third-order valence-electron chi connectivity index (χ3n) is 8.10. The molecule has 8 nitrogen and oxygen atoms in total. The number of unbranched alkanes of at least 4 members (excludes halogenated alkanes) is 11. The number of rotatable bonds is 25. The van der Waals surface area contributed by atoms with E-state index in [1.54, 1.807) is 18.2 Å². The molecule has 0 radical (unpaired) electrons. The molecule has 42 heavy (non-hydrogen) atoms. The van der Waals surface area contributed by atoms with Gasteiger partial charge in [0.05, 0.1) is 31.3 Å². The smallest absolute Gasteiger partial charge is 0.309 e. The number of aliphatic hydroxyl groups excluding tert-OH is 4. The van der Waals surface area contributed by atoms with Crippen molar-refractivity contribution < 1.29 is 39.5 Å². The van der Waals surface area contributed by atoms with Crippen molar-refractivity contribution >= 4 is 11.9 Å². The highest BCUT2D eigenvalue weighted by atomic mass is 16.6. The second kappa shape index (κ2) is 24.7. The summed E-state index contributed by atoms with van der Waals surface area (Å²) >= 11 is 0. The van der Waals surface area contributed by atoms with Crippen molar-refractivity contribution in [3.05, 3.63) is 24.3 Å². The van der Waals surface area contributed by atoms with Gasteiger partial charge in [0.25, 0.3) is 0 Å². The van der Waals surface area contributed by atoms with E-state index in [1.807, 2.05) is 6.08 Å². The van der Waals surface area contributed by atoms with Crippen LogP contribution in [0.25, 0.3) is 0 Å². The summed E-state index contributed by atoms with van der Waals surface area (Å²) < 4.78 is 10.4. The number of hydrogen-bond acceptors (Lipinski definition) is 8. The molecule has 1 aliphatic carbocycles. The fraction of sp³-hybridized carbons (Fsp3) is 0.824. The highest BCUT2D eigenvalue weighted by molar-refractivity contribution is 5.71. The first kappa shape index (κ1) is 38.3. The molecule has 0 aromatic rings. The normalized spacial score (nSPS) is 22.1. The fourth-order valence-corrected chi connectivity index (χ4v) is 5.47. The van der Waals surface area contributed by atoms with Gasteiger partial charge in [-0.05, 0) is 25.2 Å². The van der Waals surface area contributed by atoms with Crippen LogP contribution in [-0.2, 0) is 19.1 Å². The van der Waals surface area contributed by atoms with Gasteiger partial charge in [0.15, 0.2) is 6.10 Å². The number of esters is 2. The fourth-order valence-electron chi connectivity index (χ4n) is 5.47. The molecule has 244 valence electrons. The van der Waals surface area contributed by atoms with Gasteiger partial charge in [0, 0.05) is 18.8 Å². The van der Waals surface area contributed by atoms with E-state index in [-0.39, 0.29) is 37.3 Å². The molecule has 6 atom stereocenters. The standard InChI is InChI=1S/C34H60O8/c1-3-5-7-8-9-10-11-12-13-15-21-34(40)42-28(25-35)26-41-33(39)20-17-16-19-29-30(32(38)24-31(29)37)23-22-27(36)18-14-6-4-2/h16-17,22-23,27-32,35-38H,3-15,18-21,24-26H2,1-2H3/b17-16-,23-22+/t27-,28+,29+,30-,31+,32-/m1/s1. The lowest BCUT2D eigenvalue weighted by Gasteiger charge is -2.19. The minimum atomic E-state index is -0.881. The molecule has 1 aliphatic rings. The zero-order valence-electron chi connectivity index (χ0n) is 26.3. The second-order valence-corrected chi connectivity index (χ2v) is 11.9. The monoisotopic (exact) mass is 596 g/mol. The van der Waals surface area contributed by atoms with Crippen LogP contribution in [0.5, 0.6) is 0 Å². The summed E-state index contributed by atoms with van der Waals surface area (Å²) in [6.07, 6.45) is 20.8. The van der Waals surface area contributed by atoms with E-state index in [0.717, 1.165) is 38.5 Å². The predicted molar refractivity (Wildman–Crippen MR) is 166 cm³/mol. The summed E-state index contributed by atoms with van der Waals surface area (Å²) in [5.74, 6) is -1.37. The quantitative estimate of drug-likeness (QED) is 0.0578. The molecule has 0 bridgehead atoms. The Morgan fingerprint density at radius 3 is 2.10 bits per heavy atom. The first-order valence-corrected chi connectivity index (χ1v) is 16.7. The average Bonchev–Trinajstić information content (AvgIpc) is 3.24. The van der Waals surface area contributed by atoms with Crippen molar-refractivity contribution in [1.29, 1.82) is 0 Å². The van der Waals surface area contributed by atoms with Crippen LogP contribution >= 0.6 is 0 Å². The van der Waals surface area contributed by atoms with Crippen molar-refractivity contribution in [2.45, 2.75) is 154 Å². The predicted octanol–water partition coefficient (Wildman–Crippen LogP) is 5.94. The van der Waals surface area contributed by atoms with Crippen LogP contribution in [0.4, 0.5) is 0 Å². The van der Waals surface area contributed by atoms with Gasteiger partial charge in [0.1, 0.15) is 6.61 Å². The summed E-state index contributed by atoms with van der Waals surface area (Å²) in [5, 5.41) is 40.5. The maximum atomic E-state index is 12.2.